The van der Waals surface area contributed by atoms with Gasteiger partial charge in [-0.1, -0.05) is 13.8 Å². The molecule has 2 aromatic rings. The topological polar surface area (TPSA) is 49.4 Å². The minimum Gasteiger partial charge on any atom is -0.312 e. The number of benzene rings is 1. The third-order valence-corrected chi connectivity index (χ3v) is 7.47. The van der Waals surface area contributed by atoms with Gasteiger partial charge in [-0.05, 0) is 36.8 Å². The molecule has 0 saturated carbocycles. The summed E-state index contributed by atoms with van der Waals surface area (Å²) in [5, 5.41) is 3.05. The Morgan fingerprint density at radius 2 is 1.84 bits per heavy atom. The monoisotopic (exact) mass is 388 g/mol. The maximum atomic E-state index is 13.5. The van der Waals surface area contributed by atoms with E-state index in [9.17, 15) is 17.2 Å². The number of thiophene rings is 1. The Morgan fingerprint density at radius 1 is 1.12 bits per heavy atom. The third-order valence-electron chi connectivity index (χ3n) is 3.81. The van der Waals surface area contributed by atoms with E-state index < -0.39 is 21.7 Å². The molecular weight excluding hydrogens is 366 g/mol. The second-order valence-electron chi connectivity index (χ2n) is 5.47. The molecule has 0 saturated heterocycles. The SMILES string of the molecule is CCN(CC)S(=O)(=O)c1ccc(CCNCc2cc(F)ccc2F)s1. The molecule has 0 aliphatic rings. The van der Waals surface area contributed by atoms with Crippen LogP contribution >= 0.6 is 11.3 Å². The molecule has 0 fully saturated rings. The molecule has 0 aliphatic carbocycles. The largest absolute Gasteiger partial charge is 0.312 e. The van der Waals surface area contributed by atoms with Crippen molar-refractivity contribution < 1.29 is 17.2 Å². The highest BCUT2D eigenvalue weighted by molar-refractivity contribution is 7.91. The highest BCUT2D eigenvalue weighted by Crippen LogP contribution is 2.25. The van der Waals surface area contributed by atoms with Gasteiger partial charge in [0.25, 0.3) is 10.0 Å². The first-order chi connectivity index (χ1) is 11.9. The van der Waals surface area contributed by atoms with Crippen molar-refractivity contribution >= 4 is 21.4 Å². The number of rotatable bonds is 9. The normalized spacial score (nSPS) is 12.0. The van der Waals surface area contributed by atoms with Crippen LogP contribution in [0.1, 0.15) is 24.3 Å². The molecule has 0 aliphatic heterocycles. The van der Waals surface area contributed by atoms with E-state index in [1.807, 2.05) is 13.8 Å². The zero-order valence-electron chi connectivity index (χ0n) is 14.3. The van der Waals surface area contributed by atoms with Crippen molar-refractivity contribution in [2.75, 3.05) is 19.6 Å². The summed E-state index contributed by atoms with van der Waals surface area (Å²) >= 11 is 1.25. The summed E-state index contributed by atoms with van der Waals surface area (Å²) in [6, 6.07) is 6.78. The highest BCUT2D eigenvalue weighted by Gasteiger charge is 2.23. The van der Waals surface area contributed by atoms with Crippen molar-refractivity contribution in [3.8, 4) is 0 Å². The molecule has 1 aromatic carbocycles. The molecule has 0 spiro atoms. The summed E-state index contributed by atoms with van der Waals surface area (Å²) in [4.78, 5) is 0.929. The van der Waals surface area contributed by atoms with Gasteiger partial charge >= 0.3 is 0 Å². The summed E-state index contributed by atoms with van der Waals surface area (Å²) in [6.45, 7) is 5.26. The first-order valence-electron chi connectivity index (χ1n) is 8.12. The summed E-state index contributed by atoms with van der Waals surface area (Å²) in [6.07, 6.45) is 0.620. The van der Waals surface area contributed by atoms with Crippen molar-refractivity contribution in [3.05, 3.63) is 52.4 Å². The van der Waals surface area contributed by atoms with Crippen LogP contribution in [0, 0.1) is 11.6 Å². The van der Waals surface area contributed by atoms with Crippen LogP contribution in [-0.2, 0) is 23.0 Å². The highest BCUT2D eigenvalue weighted by atomic mass is 32.2. The van der Waals surface area contributed by atoms with Gasteiger partial charge in [-0.25, -0.2) is 17.2 Å². The summed E-state index contributed by atoms with van der Waals surface area (Å²) < 4.78 is 53.3. The fourth-order valence-corrected chi connectivity index (χ4v) is 5.40. The van der Waals surface area contributed by atoms with Crippen LogP contribution in [0.3, 0.4) is 0 Å². The zero-order chi connectivity index (χ0) is 18.4. The van der Waals surface area contributed by atoms with Gasteiger partial charge in [-0.2, -0.15) is 4.31 Å². The molecule has 0 amide bonds. The molecule has 0 atom stereocenters. The van der Waals surface area contributed by atoms with Crippen LogP contribution < -0.4 is 5.32 Å². The Balaban J connectivity index is 1.91. The molecule has 0 unspecified atom stereocenters. The number of sulfonamides is 1. The van der Waals surface area contributed by atoms with Crippen molar-refractivity contribution in [3.63, 3.8) is 0 Å². The van der Waals surface area contributed by atoms with E-state index in [0.717, 1.165) is 17.0 Å². The van der Waals surface area contributed by atoms with E-state index in [1.165, 1.54) is 21.7 Å². The molecular formula is C17H22F2N2O2S2. The molecule has 0 radical (unpaired) electrons. The fourth-order valence-electron chi connectivity index (χ4n) is 2.44. The van der Waals surface area contributed by atoms with E-state index >= 15 is 0 Å². The smallest absolute Gasteiger partial charge is 0.252 e. The van der Waals surface area contributed by atoms with Crippen molar-refractivity contribution in [1.29, 1.82) is 0 Å². The van der Waals surface area contributed by atoms with E-state index in [0.29, 0.717) is 30.3 Å². The standard InChI is InChI=1S/C17H22F2N2O2S2/c1-3-21(4-2)25(22,23)17-8-6-15(24-17)9-10-20-12-13-11-14(18)5-7-16(13)19/h5-8,11,20H,3-4,9-10,12H2,1-2H3. The fraction of sp³-hybridized carbons (Fsp3) is 0.412. The minimum absolute atomic E-state index is 0.222. The summed E-state index contributed by atoms with van der Waals surface area (Å²) in [5.74, 6) is -0.916. The Hall–Kier alpha value is -1.35. The number of nitrogens with zero attached hydrogens (tertiary/aromatic N) is 1. The average molecular weight is 389 g/mol. The lowest BCUT2D eigenvalue weighted by Gasteiger charge is -2.16. The molecule has 1 N–H and O–H groups in total. The van der Waals surface area contributed by atoms with Gasteiger partial charge in [0.2, 0.25) is 0 Å². The molecule has 2 rings (SSSR count). The minimum atomic E-state index is -3.42. The number of halogens is 2. The Morgan fingerprint density at radius 3 is 2.52 bits per heavy atom. The van der Waals surface area contributed by atoms with E-state index in [4.69, 9.17) is 0 Å². The first-order valence-corrected chi connectivity index (χ1v) is 10.4. The molecule has 0 bridgehead atoms. The van der Waals surface area contributed by atoms with Gasteiger partial charge in [0.1, 0.15) is 15.8 Å². The number of nitrogens with one attached hydrogen (secondary N) is 1. The molecule has 138 valence electrons. The maximum Gasteiger partial charge on any atom is 0.252 e. The maximum absolute atomic E-state index is 13.5. The zero-order valence-corrected chi connectivity index (χ0v) is 15.9. The van der Waals surface area contributed by atoms with Gasteiger partial charge in [0.15, 0.2) is 0 Å². The van der Waals surface area contributed by atoms with Gasteiger partial charge in [-0.3, -0.25) is 0 Å². The molecule has 1 heterocycles. The lowest BCUT2D eigenvalue weighted by molar-refractivity contribution is 0.447. The van der Waals surface area contributed by atoms with Crippen LogP contribution in [-0.4, -0.2) is 32.4 Å². The predicted molar refractivity (Wildman–Crippen MR) is 96.2 cm³/mol. The van der Waals surface area contributed by atoms with E-state index in [2.05, 4.69) is 5.32 Å². The number of hydrogen-bond acceptors (Lipinski definition) is 4. The van der Waals surface area contributed by atoms with Gasteiger partial charge < -0.3 is 5.32 Å². The molecule has 4 nitrogen and oxygen atoms in total. The molecule has 8 heteroatoms. The quantitative estimate of drug-likeness (QED) is 0.670. The Labute approximate surface area is 151 Å². The van der Waals surface area contributed by atoms with Gasteiger partial charge in [0, 0.05) is 36.6 Å². The Bertz CT molecular complexity index is 803. The lowest BCUT2D eigenvalue weighted by Crippen LogP contribution is -2.29. The summed E-state index contributed by atoms with van der Waals surface area (Å²) in [7, 11) is -3.42. The second kappa shape index (κ2) is 8.84. The van der Waals surface area contributed by atoms with E-state index in [1.54, 1.807) is 12.1 Å². The van der Waals surface area contributed by atoms with Gasteiger partial charge in [0.05, 0.1) is 0 Å². The first kappa shape index (κ1) is 20.0. The van der Waals surface area contributed by atoms with E-state index in [-0.39, 0.29) is 12.1 Å². The number of hydrogen-bond donors (Lipinski definition) is 1. The lowest BCUT2D eigenvalue weighted by atomic mass is 10.2. The average Bonchev–Trinajstić information content (AvgIpc) is 3.05. The van der Waals surface area contributed by atoms with Crippen LogP contribution in [0.25, 0.3) is 0 Å². The van der Waals surface area contributed by atoms with Gasteiger partial charge in [-0.15, -0.1) is 11.3 Å². The second-order valence-corrected chi connectivity index (χ2v) is 8.81. The Kier molecular flexibility index (Phi) is 7.06. The molecule has 25 heavy (non-hydrogen) atoms. The van der Waals surface area contributed by atoms with Crippen LogP contribution in [0.5, 0.6) is 0 Å². The van der Waals surface area contributed by atoms with Crippen LogP contribution in [0.2, 0.25) is 0 Å². The summed E-state index contributed by atoms with van der Waals surface area (Å²) in [5.41, 5.74) is 0.274. The van der Waals surface area contributed by atoms with Crippen LogP contribution in [0.15, 0.2) is 34.5 Å². The molecule has 1 aromatic heterocycles. The predicted octanol–water partition coefficient (Wildman–Crippen LogP) is 3.39. The third kappa shape index (κ3) is 5.07. The van der Waals surface area contributed by atoms with Crippen LogP contribution in [0.4, 0.5) is 8.78 Å². The van der Waals surface area contributed by atoms with Crippen molar-refractivity contribution in [1.82, 2.24) is 9.62 Å². The van der Waals surface area contributed by atoms with Crippen molar-refractivity contribution in [2.24, 2.45) is 0 Å². The van der Waals surface area contributed by atoms with Crippen molar-refractivity contribution in [2.45, 2.75) is 31.0 Å².